The molecule has 0 aliphatic carbocycles. The highest BCUT2D eigenvalue weighted by atomic mass is 32.2. The molecule has 1 aliphatic heterocycles. The highest BCUT2D eigenvalue weighted by Crippen LogP contribution is 2.40. The molecule has 1 aliphatic rings. The van der Waals surface area contributed by atoms with E-state index in [0.29, 0.717) is 5.56 Å². The lowest BCUT2D eigenvalue weighted by Crippen LogP contribution is -2.70. The molecule has 0 radical (unpaired) electrons. The van der Waals surface area contributed by atoms with E-state index in [0.717, 1.165) is 10.4 Å². The van der Waals surface area contributed by atoms with Crippen LogP contribution in [0.15, 0.2) is 96.1 Å². The second-order valence-corrected chi connectivity index (χ2v) is 15.5. The van der Waals surface area contributed by atoms with Crippen LogP contribution in [0.5, 0.6) is 0 Å². The molecule has 0 amide bonds. The van der Waals surface area contributed by atoms with E-state index >= 15 is 0 Å². The van der Waals surface area contributed by atoms with Crippen LogP contribution in [-0.2, 0) is 13.9 Å². The van der Waals surface area contributed by atoms with Crippen molar-refractivity contribution in [2.45, 2.75) is 55.8 Å². The van der Waals surface area contributed by atoms with Gasteiger partial charge in [0, 0.05) is 4.91 Å². The van der Waals surface area contributed by atoms with Gasteiger partial charge in [0.2, 0.25) is 0 Å². The first-order valence-corrected chi connectivity index (χ1v) is 15.9. The standard InChI is InChI=1S/C29H33N3O5SSi/c1-29(2,3)39(21-16-10-6-11-17-21,22-18-12-7-13-19-22)37-27-24(33)25(23(31-32-30)28(36-27)38-4)35-26(34)20-14-8-5-9-15-20/h5-19,23-25,27-28,33H,1-4H3/t23-,24+,25-,27?,28+/m1/s1. The fourth-order valence-electron chi connectivity index (χ4n) is 5.05. The van der Waals surface area contributed by atoms with Crippen LogP contribution in [0, 0.1) is 0 Å². The fraction of sp³-hybridized carbons (Fsp3) is 0.345. The van der Waals surface area contributed by atoms with Crippen molar-refractivity contribution < 1.29 is 23.8 Å². The first-order valence-electron chi connectivity index (χ1n) is 12.7. The zero-order valence-corrected chi connectivity index (χ0v) is 24.2. The lowest BCUT2D eigenvalue weighted by molar-refractivity contribution is -0.226. The van der Waals surface area contributed by atoms with Crippen molar-refractivity contribution in [1.29, 1.82) is 0 Å². The van der Waals surface area contributed by atoms with Gasteiger partial charge < -0.3 is 19.0 Å². The van der Waals surface area contributed by atoms with Crippen LogP contribution < -0.4 is 10.4 Å². The third-order valence-electron chi connectivity index (χ3n) is 6.88. The van der Waals surface area contributed by atoms with Gasteiger partial charge in [0.05, 0.1) is 5.56 Å². The molecule has 1 saturated heterocycles. The van der Waals surface area contributed by atoms with E-state index in [-0.39, 0.29) is 5.04 Å². The molecule has 204 valence electrons. The second-order valence-electron chi connectivity index (χ2n) is 10.3. The second kappa shape index (κ2) is 12.4. The number of esters is 1. The summed E-state index contributed by atoms with van der Waals surface area (Å²) in [7, 11) is -3.13. The van der Waals surface area contributed by atoms with E-state index in [1.165, 1.54) is 11.8 Å². The Hall–Kier alpha value is -3.11. The van der Waals surface area contributed by atoms with Gasteiger partial charge in [-0.05, 0) is 39.3 Å². The Balaban J connectivity index is 1.79. The van der Waals surface area contributed by atoms with Crippen LogP contribution in [0.25, 0.3) is 10.4 Å². The maximum absolute atomic E-state index is 13.0. The molecule has 1 N–H and O–H groups in total. The number of carbonyl (C=O) groups is 1. The van der Waals surface area contributed by atoms with Gasteiger partial charge in [-0.2, -0.15) is 0 Å². The summed E-state index contributed by atoms with van der Waals surface area (Å²) in [5.41, 5.74) is 8.89. The first kappa shape index (κ1) is 28.9. The summed E-state index contributed by atoms with van der Waals surface area (Å²) in [5, 5.41) is 17.2. The molecule has 3 aromatic rings. The van der Waals surface area contributed by atoms with Gasteiger partial charge in [-0.25, -0.2) is 4.79 Å². The maximum atomic E-state index is 13.0. The predicted octanol–water partition coefficient (Wildman–Crippen LogP) is 4.87. The molecule has 4 rings (SSSR count). The zero-order valence-electron chi connectivity index (χ0n) is 22.4. The molecule has 5 atom stereocenters. The highest BCUT2D eigenvalue weighted by molar-refractivity contribution is 7.99. The Morgan fingerprint density at radius 2 is 1.49 bits per heavy atom. The molecule has 1 fully saturated rings. The fourth-order valence-corrected chi connectivity index (χ4v) is 10.3. The van der Waals surface area contributed by atoms with Crippen molar-refractivity contribution in [1.82, 2.24) is 0 Å². The molecule has 0 aromatic heterocycles. The minimum atomic E-state index is -3.13. The SMILES string of the molecule is CS[C@@H]1OC(O[Si](c2ccccc2)(c2ccccc2)C(C)(C)C)[C@@H](O)[C@H](OC(=O)c2ccccc2)[C@H]1N=[N+]=[N-]. The summed E-state index contributed by atoms with van der Waals surface area (Å²) in [4.78, 5) is 16.0. The number of hydrogen-bond donors (Lipinski definition) is 1. The quantitative estimate of drug-likeness (QED) is 0.137. The number of thioether (sulfide) groups is 1. The molecule has 8 nitrogen and oxygen atoms in total. The van der Waals surface area contributed by atoms with Crippen LogP contribution in [0.4, 0.5) is 0 Å². The van der Waals surface area contributed by atoms with Gasteiger partial charge in [-0.15, -0.1) is 11.8 Å². The van der Waals surface area contributed by atoms with Crippen LogP contribution >= 0.6 is 11.8 Å². The number of benzene rings is 3. The van der Waals surface area contributed by atoms with Gasteiger partial charge in [0.25, 0.3) is 8.32 Å². The van der Waals surface area contributed by atoms with Gasteiger partial charge in [0.1, 0.15) is 23.7 Å². The van der Waals surface area contributed by atoms with E-state index in [2.05, 4.69) is 30.8 Å². The Kier molecular flexibility index (Phi) is 9.17. The van der Waals surface area contributed by atoms with Gasteiger partial charge in [0.15, 0.2) is 6.29 Å². The average Bonchev–Trinajstić information content (AvgIpc) is 2.95. The number of nitrogens with zero attached hydrogens (tertiary/aromatic N) is 3. The Morgan fingerprint density at radius 1 is 0.974 bits per heavy atom. The number of carbonyl (C=O) groups excluding carboxylic acids is 1. The van der Waals surface area contributed by atoms with Crippen LogP contribution in [0.1, 0.15) is 31.1 Å². The third-order valence-corrected chi connectivity index (χ3v) is 12.7. The van der Waals surface area contributed by atoms with Crippen molar-refractivity contribution in [3.8, 4) is 0 Å². The zero-order chi connectivity index (χ0) is 28.0. The summed E-state index contributed by atoms with van der Waals surface area (Å²) >= 11 is 1.30. The number of aliphatic hydroxyl groups excluding tert-OH is 1. The number of aliphatic hydroxyl groups is 1. The molecule has 0 spiro atoms. The molecule has 1 unspecified atom stereocenters. The number of ether oxygens (including phenoxy) is 2. The molecular formula is C29H33N3O5SSi. The van der Waals surface area contributed by atoms with Gasteiger partial charge >= 0.3 is 5.97 Å². The van der Waals surface area contributed by atoms with Crippen molar-refractivity contribution in [3.05, 3.63) is 107 Å². The number of azide groups is 1. The summed E-state index contributed by atoms with van der Waals surface area (Å²) in [5.74, 6) is -0.635. The van der Waals surface area contributed by atoms with E-state index in [9.17, 15) is 15.4 Å². The minimum absolute atomic E-state index is 0.320. The van der Waals surface area contributed by atoms with E-state index in [1.807, 2.05) is 60.7 Å². The van der Waals surface area contributed by atoms with Gasteiger partial charge in [-0.1, -0.05) is 105 Å². The monoisotopic (exact) mass is 563 g/mol. The average molecular weight is 564 g/mol. The minimum Gasteiger partial charge on any atom is -0.455 e. The van der Waals surface area contributed by atoms with Crippen LogP contribution in [0.2, 0.25) is 5.04 Å². The Bertz CT molecular complexity index is 1250. The first-order chi connectivity index (χ1) is 18.7. The summed E-state index contributed by atoms with van der Waals surface area (Å²) in [6.45, 7) is 6.36. The van der Waals surface area contributed by atoms with Crippen molar-refractivity contribution in [3.63, 3.8) is 0 Å². The molecule has 10 heteroatoms. The summed E-state index contributed by atoms with van der Waals surface area (Å²) < 4.78 is 19.1. The van der Waals surface area contributed by atoms with E-state index in [1.54, 1.807) is 36.6 Å². The molecule has 0 saturated carbocycles. The molecule has 3 aromatic carbocycles. The van der Waals surface area contributed by atoms with Crippen molar-refractivity contribution in [2.75, 3.05) is 6.26 Å². The third kappa shape index (κ3) is 5.91. The predicted molar refractivity (Wildman–Crippen MR) is 155 cm³/mol. The molecular weight excluding hydrogens is 530 g/mol. The highest BCUT2D eigenvalue weighted by Gasteiger charge is 2.56. The summed E-state index contributed by atoms with van der Waals surface area (Å²) in [6, 6.07) is 27.5. The molecule has 0 bridgehead atoms. The Labute approximate surface area is 234 Å². The van der Waals surface area contributed by atoms with Crippen LogP contribution in [0.3, 0.4) is 0 Å². The van der Waals surface area contributed by atoms with Crippen molar-refractivity contribution >= 4 is 36.4 Å². The number of rotatable bonds is 8. The topological polar surface area (TPSA) is 114 Å². The Morgan fingerprint density at radius 3 is 1.95 bits per heavy atom. The largest absolute Gasteiger partial charge is 0.455 e. The van der Waals surface area contributed by atoms with Crippen molar-refractivity contribution in [2.24, 2.45) is 5.11 Å². The van der Waals surface area contributed by atoms with Gasteiger partial charge in [-0.3, -0.25) is 0 Å². The van der Waals surface area contributed by atoms with Crippen LogP contribution in [-0.4, -0.2) is 55.6 Å². The lowest BCUT2D eigenvalue weighted by Gasteiger charge is -2.49. The number of hydrogen-bond acceptors (Lipinski definition) is 7. The lowest BCUT2D eigenvalue weighted by atomic mass is 10.0. The smallest absolute Gasteiger partial charge is 0.338 e. The summed E-state index contributed by atoms with van der Waals surface area (Å²) in [6.07, 6.45) is -1.97. The van der Waals surface area contributed by atoms with E-state index in [4.69, 9.17) is 13.9 Å². The van der Waals surface area contributed by atoms with E-state index < -0.39 is 44.3 Å². The molecule has 1 heterocycles. The maximum Gasteiger partial charge on any atom is 0.338 e. The normalized spacial score (nSPS) is 23.5. The molecule has 39 heavy (non-hydrogen) atoms.